The van der Waals surface area contributed by atoms with E-state index in [0.29, 0.717) is 0 Å². The van der Waals surface area contributed by atoms with Crippen LogP contribution >= 0.6 is 0 Å². The van der Waals surface area contributed by atoms with Gasteiger partial charge in [-0.1, -0.05) is 0 Å². The molecule has 1 heteroatoms. The summed E-state index contributed by atoms with van der Waals surface area (Å²) < 4.78 is 1.83. The van der Waals surface area contributed by atoms with E-state index in [0.717, 1.165) is 0 Å². The average Bonchev–Trinajstić information content (AvgIpc) is 2.29. The first kappa shape index (κ1) is 16.5. The van der Waals surface area contributed by atoms with E-state index in [-0.39, 0.29) is 0 Å². The van der Waals surface area contributed by atoms with E-state index >= 15 is 0 Å². The van der Waals surface area contributed by atoms with Gasteiger partial charge in [0, 0.05) is 0 Å². The number of hydrogen-bond acceptors (Lipinski definition) is 0. The van der Waals surface area contributed by atoms with Crippen LogP contribution in [-0.2, 0) is 0 Å². The van der Waals surface area contributed by atoms with Crippen LogP contribution in [0.3, 0.4) is 0 Å². The fraction of sp³-hybridized carbons (Fsp3) is 0.867. The van der Waals surface area contributed by atoms with Gasteiger partial charge in [-0.3, -0.25) is 0 Å². The van der Waals surface area contributed by atoms with Crippen LogP contribution in [0.5, 0.6) is 0 Å². The van der Waals surface area contributed by atoms with Crippen molar-refractivity contribution in [3.63, 3.8) is 0 Å². The van der Waals surface area contributed by atoms with E-state index in [2.05, 4.69) is 20.8 Å². The molecule has 0 unspecified atom stereocenters. The Labute approximate surface area is 116 Å². The molecule has 16 heavy (non-hydrogen) atoms. The molecule has 0 heterocycles. The molecule has 0 aliphatic rings. The maximum absolute atomic E-state index is 2.31. The summed E-state index contributed by atoms with van der Waals surface area (Å²) in [6.45, 7) is 6.91. The molecule has 0 N–H and O–H groups in total. The average molecular weight is 329 g/mol. The summed E-state index contributed by atoms with van der Waals surface area (Å²) in [4.78, 5) is 0. The Morgan fingerprint density at radius 1 is 0.688 bits per heavy atom. The number of allylic oxidation sites excluding steroid dienone is 2. The molecule has 0 saturated carbocycles. The molecule has 94 valence electrons. The third kappa shape index (κ3) is 8.66. The normalized spacial score (nSPS) is 10.5. The van der Waals surface area contributed by atoms with Crippen LogP contribution in [0.4, 0.5) is 0 Å². The predicted molar refractivity (Wildman–Crippen MR) is 77.4 cm³/mol. The van der Waals surface area contributed by atoms with Crippen LogP contribution in [-0.4, -0.2) is 22.5 Å². The number of unbranched alkanes of at least 4 members (excludes halogenated alkanes) is 4. The van der Waals surface area contributed by atoms with E-state index in [1.54, 1.807) is 0 Å². The molecule has 0 nitrogen and oxygen atoms in total. The van der Waals surface area contributed by atoms with Gasteiger partial charge in [0.1, 0.15) is 0 Å². The van der Waals surface area contributed by atoms with Crippen molar-refractivity contribution in [3.8, 4) is 0 Å². The Hall–Kier alpha value is 0.539. The van der Waals surface area contributed by atoms with E-state index in [1.165, 1.54) is 86.7 Å². The Balaban J connectivity index is 4.12. The number of rotatable bonds is 10. The molecule has 0 aliphatic heterocycles. The second kappa shape index (κ2) is 12.0. The van der Waals surface area contributed by atoms with Crippen LogP contribution in [0.1, 0.15) is 85.0 Å². The molecular formula is C15H30Sn. The predicted octanol–water partition coefficient (Wildman–Crippen LogP) is 5.10. The summed E-state index contributed by atoms with van der Waals surface area (Å²) in [6.07, 6.45) is 13.9. The first-order valence-corrected chi connectivity index (χ1v) is 8.87. The molecule has 0 fully saturated rings. The Morgan fingerprint density at radius 2 is 1.19 bits per heavy atom. The van der Waals surface area contributed by atoms with Gasteiger partial charge in [-0.15, -0.1) is 0 Å². The SMILES string of the molecule is CCCCC[C]([SnH])=C(CCCC)CCCC. The molecule has 0 aromatic rings. The fourth-order valence-electron chi connectivity index (χ4n) is 1.97. The van der Waals surface area contributed by atoms with Crippen molar-refractivity contribution in [1.29, 1.82) is 0 Å². The van der Waals surface area contributed by atoms with Gasteiger partial charge in [0.15, 0.2) is 0 Å². The molecule has 2 radical (unpaired) electrons. The van der Waals surface area contributed by atoms with E-state index in [4.69, 9.17) is 0 Å². The standard InChI is InChI=1S/C15H29.Sn.H/c1-4-7-10-11-14-15(12-8-5-2)13-9-6-3;;/h4-13H2,1-3H3;;. The second-order valence-electron chi connectivity index (χ2n) is 4.79. The molecule has 0 aromatic heterocycles. The van der Waals surface area contributed by atoms with Gasteiger partial charge in [0.2, 0.25) is 0 Å². The molecule has 0 spiro atoms. The van der Waals surface area contributed by atoms with Gasteiger partial charge < -0.3 is 0 Å². The summed E-state index contributed by atoms with van der Waals surface area (Å²) in [5.74, 6) is 0. The molecule has 0 saturated heterocycles. The van der Waals surface area contributed by atoms with Gasteiger partial charge in [0.05, 0.1) is 0 Å². The van der Waals surface area contributed by atoms with Gasteiger partial charge in [-0.2, -0.15) is 0 Å². The van der Waals surface area contributed by atoms with Crippen molar-refractivity contribution >= 4 is 22.5 Å². The van der Waals surface area contributed by atoms with Crippen molar-refractivity contribution in [3.05, 3.63) is 9.16 Å². The molecule has 0 aliphatic carbocycles. The Morgan fingerprint density at radius 3 is 1.62 bits per heavy atom. The zero-order chi connectivity index (χ0) is 12.2. The van der Waals surface area contributed by atoms with Crippen molar-refractivity contribution < 1.29 is 0 Å². The van der Waals surface area contributed by atoms with Gasteiger partial charge in [0.25, 0.3) is 0 Å². The summed E-state index contributed by atoms with van der Waals surface area (Å²) in [6, 6.07) is 0. The Bertz CT molecular complexity index is 172. The van der Waals surface area contributed by atoms with Crippen molar-refractivity contribution in [2.45, 2.75) is 85.0 Å². The van der Waals surface area contributed by atoms with Crippen molar-refractivity contribution in [1.82, 2.24) is 0 Å². The molecule has 0 atom stereocenters. The summed E-state index contributed by atoms with van der Waals surface area (Å²) in [7, 11) is 0. The minimum absolute atomic E-state index is 1.35. The first-order valence-electron chi connectivity index (χ1n) is 7.22. The number of hydrogen-bond donors (Lipinski definition) is 0. The third-order valence-electron chi connectivity index (χ3n) is 3.17. The second-order valence-corrected chi connectivity index (χ2v) is 6.78. The van der Waals surface area contributed by atoms with Crippen molar-refractivity contribution in [2.75, 3.05) is 0 Å². The zero-order valence-electron chi connectivity index (χ0n) is 11.6. The van der Waals surface area contributed by atoms with E-state index < -0.39 is 0 Å². The maximum atomic E-state index is 2.31. The van der Waals surface area contributed by atoms with Crippen LogP contribution in [0.2, 0.25) is 0 Å². The Kier molecular flexibility index (Phi) is 12.4. The molecule has 0 aromatic carbocycles. The summed E-state index contributed by atoms with van der Waals surface area (Å²) in [5.41, 5.74) is 1.84. The molecule has 0 rings (SSSR count). The molecular weight excluding hydrogens is 299 g/mol. The van der Waals surface area contributed by atoms with E-state index in [1.807, 2.05) is 9.16 Å². The quantitative estimate of drug-likeness (QED) is 0.386. The third-order valence-corrected chi connectivity index (χ3v) is 5.16. The van der Waals surface area contributed by atoms with Crippen LogP contribution in [0.15, 0.2) is 9.16 Å². The van der Waals surface area contributed by atoms with E-state index in [9.17, 15) is 0 Å². The topological polar surface area (TPSA) is 0 Å². The van der Waals surface area contributed by atoms with Gasteiger partial charge in [-0.25, -0.2) is 0 Å². The summed E-state index contributed by atoms with van der Waals surface area (Å²) in [5, 5.41) is 0. The van der Waals surface area contributed by atoms with Crippen LogP contribution < -0.4 is 0 Å². The van der Waals surface area contributed by atoms with Crippen LogP contribution in [0, 0.1) is 0 Å². The zero-order valence-corrected chi connectivity index (χ0v) is 14.9. The van der Waals surface area contributed by atoms with Crippen molar-refractivity contribution in [2.24, 2.45) is 0 Å². The minimum atomic E-state index is 1.35. The van der Waals surface area contributed by atoms with Gasteiger partial charge in [-0.05, 0) is 0 Å². The fourth-order valence-corrected chi connectivity index (χ4v) is 3.38. The monoisotopic (exact) mass is 330 g/mol. The first-order chi connectivity index (χ1) is 7.76. The van der Waals surface area contributed by atoms with Gasteiger partial charge >= 0.3 is 117 Å². The van der Waals surface area contributed by atoms with Crippen LogP contribution in [0.25, 0.3) is 0 Å². The summed E-state index contributed by atoms with van der Waals surface area (Å²) >= 11 is 1.37. The molecule has 0 amide bonds. The molecule has 0 bridgehead atoms.